The Labute approximate surface area is 84.2 Å². The van der Waals surface area contributed by atoms with E-state index < -0.39 is 5.92 Å². The number of hydrogen-bond acceptors (Lipinski definition) is 2. The normalized spacial score (nSPS) is 28.3. The third-order valence-corrected chi connectivity index (χ3v) is 2.61. The van der Waals surface area contributed by atoms with Crippen LogP contribution in [-0.4, -0.2) is 43.2 Å². The van der Waals surface area contributed by atoms with Gasteiger partial charge in [-0.2, -0.15) is 0 Å². The van der Waals surface area contributed by atoms with Crippen LogP contribution >= 0.6 is 0 Å². The van der Waals surface area contributed by atoms with Gasteiger partial charge in [-0.3, -0.25) is 0 Å². The Bertz CT molecular complexity index is 185. The fraction of sp³-hybridized carbons (Fsp3) is 1.00. The Morgan fingerprint density at radius 1 is 1.50 bits per heavy atom. The van der Waals surface area contributed by atoms with E-state index in [1.54, 1.807) is 0 Å². The number of rotatable bonds is 3. The van der Waals surface area contributed by atoms with E-state index in [9.17, 15) is 8.78 Å². The molecule has 0 saturated carbocycles. The maximum atomic E-state index is 13.1. The molecule has 1 atom stereocenters. The molecule has 0 amide bonds. The van der Waals surface area contributed by atoms with Gasteiger partial charge in [0.05, 0.1) is 12.7 Å². The second kappa shape index (κ2) is 4.53. The van der Waals surface area contributed by atoms with Crippen molar-refractivity contribution in [2.45, 2.75) is 44.8 Å². The first-order chi connectivity index (χ1) is 6.41. The van der Waals surface area contributed by atoms with Crippen LogP contribution in [0, 0.1) is 0 Å². The highest BCUT2D eigenvalue weighted by molar-refractivity contribution is 4.84. The van der Waals surface area contributed by atoms with Gasteiger partial charge in [-0.25, -0.2) is 8.78 Å². The van der Waals surface area contributed by atoms with Gasteiger partial charge in [-0.05, 0) is 20.9 Å². The van der Waals surface area contributed by atoms with Crippen molar-refractivity contribution in [2.24, 2.45) is 0 Å². The molecule has 0 bridgehead atoms. The van der Waals surface area contributed by atoms with Crippen LogP contribution in [0.1, 0.15) is 26.7 Å². The predicted octanol–water partition coefficient (Wildman–Crippen LogP) is 2.14. The Morgan fingerprint density at radius 3 is 2.71 bits per heavy atom. The van der Waals surface area contributed by atoms with Crippen LogP contribution in [-0.2, 0) is 4.74 Å². The number of likely N-dealkylation sites (N-methyl/N-ethyl adjacent to an activating group) is 1. The average Bonchev–Trinajstić information content (AvgIpc) is 2.06. The van der Waals surface area contributed by atoms with E-state index in [1.165, 1.54) is 0 Å². The third kappa shape index (κ3) is 3.50. The third-order valence-electron chi connectivity index (χ3n) is 2.61. The first-order valence-electron chi connectivity index (χ1n) is 5.10. The number of likely N-dealkylation sites (tertiary alicyclic amines) is 1. The molecule has 0 aromatic rings. The van der Waals surface area contributed by atoms with Gasteiger partial charge in [0.2, 0.25) is 0 Å². The van der Waals surface area contributed by atoms with Gasteiger partial charge >= 0.3 is 0 Å². The van der Waals surface area contributed by atoms with Crippen LogP contribution in [0.2, 0.25) is 0 Å². The molecule has 1 heterocycles. The molecule has 4 heteroatoms. The smallest absolute Gasteiger partial charge is 0.250 e. The molecule has 1 saturated heterocycles. The van der Waals surface area contributed by atoms with E-state index in [1.807, 2.05) is 25.8 Å². The SMILES string of the molecule is CC(C)OCC1CC(F)(F)CCN1C. The summed E-state index contributed by atoms with van der Waals surface area (Å²) >= 11 is 0. The van der Waals surface area contributed by atoms with Crippen molar-refractivity contribution in [1.82, 2.24) is 4.90 Å². The van der Waals surface area contributed by atoms with Crippen molar-refractivity contribution in [2.75, 3.05) is 20.2 Å². The zero-order chi connectivity index (χ0) is 10.8. The summed E-state index contributed by atoms with van der Waals surface area (Å²) in [7, 11) is 1.88. The Kier molecular flexibility index (Phi) is 3.84. The highest BCUT2D eigenvalue weighted by atomic mass is 19.3. The van der Waals surface area contributed by atoms with E-state index in [0.29, 0.717) is 13.2 Å². The van der Waals surface area contributed by atoms with Crippen molar-refractivity contribution in [1.29, 1.82) is 0 Å². The van der Waals surface area contributed by atoms with Crippen LogP contribution in [0.4, 0.5) is 8.78 Å². The quantitative estimate of drug-likeness (QED) is 0.703. The molecular weight excluding hydrogens is 188 g/mol. The molecule has 0 spiro atoms. The standard InChI is InChI=1S/C10H19F2NO/c1-8(2)14-7-9-6-10(11,12)4-5-13(9)3/h8-9H,4-7H2,1-3H3. The fourth-order valence-corrected chi connectivity index (χ4v) is 1.61. The number of hydrogen-bond donors (Lipinski definition) is 0. The van der Waals surface area contributed by atoms with Gasteiger partial charge < -0.3 is 9.64 Å². The maximum absolute atomic E-state index is 13.1. The lowest BCUT2D eigenvalue weighted by Crippen LogP contribution is -2.47. The van der Waals surface area contributed by atoms with Crippen molar-refractivity contribution in [3.63, 3.8) is 0 Å². The summed E-state index contributed by atoms with van der Waals surface area (Å²) in [6.07, 6.45) is 0.0108. The predicted molar refractivity (Wildman–Crippen MR) is 51.7 cm³/mol. The molecule has 84 valence electrons. The highest BCUT2D eigenvalue weighted by Gasteiger charge is 2.38. The lowest BCUT2D eigenvalue weighted by Gasteiger charge is -2.37. The van der Waals surface area contributed by atoms with Gasteiger partial charge in [0.25, 0.3) is 5.92 Å². The van der Waals surface area contributed by atoms with Gasteiger partial charge in [0, 0.05) is 25.4 Å². The summed E-state index contributed by atoms with van der Waals surface area (Å²) in [6, 6.07) is -0.138. The molecule has 0 aromatic heterocycles. The summed E-state index contributed by atoms with van der Waals surface area (Å²) in [5, 5.41) is 0. The first kappa shape index (κ1) is 11.9. The minimum Gasteiger partial charge on any atom is -0.377 e. The minimum atomic E-state index is -2.50. The molecule has 0 radical (unpaired) electrons. The second-order valence-electron chi connectivity index (χ2n) is 4.33. The van der Waals surface area contributed by atoms with Crippen molar-refractivity contribution >= 4 is 0 Å². The van der Waals surface area contributed by atoms with Crippen LogP contribution in [0.15, 0.2) is 0 Å². The molecule has 0 aromatic carbocycles. The van der Waals surface area contributed by atoms with E-state index in [4.69, 9.17) is 4.74 Å². The van der Waals surface area contributed by atoms with E-state index >= 15 is 0 Å². The lowest BCUT2D eigenvalue weighted by molar-refractivity contribution is -0.0919. The van der Waals surface area contributed by atoms with Crippen LogP contribution in [0.5, 0.6) is 0 Å². The summed E-state index contributed by atoms with van der Waals surface area (Å²) < 4.78 is 31.5. The number of nitrogens with zero attached hydrogens (tertiary/aromatic N) is 1. The molecular formula is C10H19F2NO. The Morgan fingerprint density at radius 2 is 2.14 bits per heavy atom. The van der Waals surface area contributed by atoms with Crippen LogP contribution < -0.4 is 0 Å². The minimum absolute atomic E-state index is 0.0261. The first-order valence-corrected chi connectivity index (χ1v) is 5.10. The highest BCUT2D eigenvalue weighted by Crippen LogP contribution is 2.31. The number of alkyl halides is 2. The summed E-state index contributed by atoms with van der Waals surface area (Å²) in [5.41, 5.74) is 0. The largest absolute Gasteiger partial charge is 0.377 e. The Hall–Kier alpha value is -0.220. The molecule has 1 aliphatic rings. The number of halogens is 2. The van der Waals surface area contributed by atoms with Gasteiger partial charge in [-0.1, -0.05) is 0 Å². The van der Waals surface area contributed by atoms with E-state index in [0.717, 1.165) is 0 Å². The van der Waals surface area contributed by atoms with E-state index in [2.05, 4.69) is 0 Å². The second-order valence-corrected chi connectivity index (χ2v) is 4.33. The lowest BCUT2D eigenvalue weighted by atomic mass is 10.00. The fourth-order valence-electron chi connectivity index (χ4n) is 1.61. The van der Waals surface area contributed by atoms with E-state index in [-0.39, 0.29) is 25.0 Å². The Balaban J connectivity index is 2.41. The van der Waals surface area contributed by atoms with Gasteiger partial charge in [0.1, 0.15) is 0 Å². The maximum Gasteiger partial charge on any atom is 0.250 e. The summed E-state index contributed by atoms with van der Waals surface area (Å²) in [4.78, 5) is 1.96. The zero-order valence-corrected chi connectivity index (χ0v) is 9.09. The van der Waals surface area contributed by atoms with Crippen LogP contribution in [0.3, 0.4) is 0 Å². The van der Waals surface area contributed by atoms with Crippen molar-refractivity contribution < 1.29 is 13.5 Å². The average molecular weight is 207 g/mol. The molecule has 1 unspecified atom stereocenters. The van der Waals surface area contributed by atoms with Crippen molar-refractivity contribution in [3.05, 3.63) is 0 Å². The van der Waals surface area contributed by atoms with Crippen molar-refractivity contribution in [3.8, 4) is 0 Å². The topological polar surface area (TPSA) is 12.5 Å². The number of ether oxygens (including phenoxy) is 1. The molecule has 0 aliphatic carbocycles. The molecule has 1 aliphatic heterocycles. The van der Waals surface area contributed by atoms with Crippen LogP contribution in [0.25, 0.3) is 0 Å². The monoisotopic (exact) mass is 207 g/mol. The summed E-state index contributed by atoms with van der Waals surface area (Å²) in [5.74, 6) is -2.50. The van der Waals surface area contributed by atoms with Gasteiger partial charge in [0.15, 0.2) is 0 Å². The molecule has 2 nitrogen and oxygen atoms in total. The number of piperidine rings is 1. The van der Waals surface area contributed by atoms with Gasteiger partial charge in [-0.15, -0.1) is 0 Å². The molecule has 1 rings (SSSR count). The molecule has 0 N–H and O–H groups in total. The zero-order valence-electron chi connectivity index (χ0n) is 9.09. The summed E-state index contributed by atoms with van der Waals surface area (Å²) in [6.45, 7) is 4.70. The molecule has 1 fully saturated rings. The molecule has 14 heavy (non-hydrogen) atoms.